The van der Waals surface area contributed by atoms with E-state index in [2.05, 4.69) is 137 Å². The predicted octanol–water partition coefficient (Wildman–Crippen LogP) is 9.58. The Morgan fingerprint density at radius 2 is 0.818 bits per heavy atom. The molecule has 0 unspecified atom stereocenters. The first-order chi connectivity index (χ1) is 21.6. The van der Waals surface area contributed by atoms with Crippen LogP contribution in [0.2, 0.25) is 0 Å². The zero-order chi connectivity index (χ0) is 30.5. The normalized spacial score (nSPS) is 10.7. The molecule has 1 heterocycles. The van der Waals surface area contributed by atoms with E-state index in [0.29, 0.717) is 0 Å². The fourth-order valence-electron chi connectivity index (χ4n) is 5.81. The Hall–Kier alpha value is -5.55. The first kappa shape index (κ1) is 28.6. The van der Waals surface area contributed by atoms with E-state index in [1.807, 2.05) is 40.3 Å². The summed E-state index contributed by atoms with van der Waals surface area (Å²) in [6, 6.07) is 44.8. The second kappa shape index (κ2) is 12.8. The fourth-order valence-corrected chi connectivity index (χ4v) is 5.81. The third-order valence-corrected chi connectivity index (χ3v) is 8.03. The predicted molar refractivity (Wildman–Crippen MR) is 190 cm³/mol. The van der Waals surface area contributed by atoms with Crippen LogP contribution in [0.25, 0.3) is 55.9 Å². The minimum absolute atomic E-state index is 0.922. The molecule has 5 aromatic carbocycles. The molecule has 1 aromatic heterocycles. The van der Waals surface area contributed by atoms with Crippen molar-refractivity contribution < 1.29 is 0 Å². The lowest BCUT2D eigenvalue weighted by molar-refractivity contribution is 1.32. The van der Waals surface area contributed by atoms with Crippen molar-refractivity contribution in [3.05, 3.63) is 127 Å². The molecular weight excluding hydrogens is 538 g/mol. The zero-order valence-electron chi connectivity index (χ0n) is 25.6. The van der Waals surface area contributed by atoms with E-state index in [9.17, 15) is 0 Å². The molecule has 0 radical (unpaired) electrons. The summed E-state index contributed by atoms with van der Waals surface area (Å²) in [5, 5.41) is 13.6. The molecule has 218 valence electrons. The molecule has 5 nitrogen and oxygen atoms in total. The first-order valence-electron chi connectivity index (χ1n) is 14.9. The Balaban J connectivity index is 1.50. The van der Waals surface area contributed by atoms with Crippen molar-refractivity contribution in [1.82, 2.24) is 4.98 Å². The first-order valence-corrected chi connectivity index (χ1v) is 14.9. The lowest BCUT2D eigenvalue weighted by atomic mass is 9.94. The summed E-state index contributed by atoms with van der Waals surface area (Å²) >= 11 is 0. The second-order valence-electron chi connectivity index (χ2n) is 10.6. The number of hydrogen-bond donors (Lipinski definition) is 4. The van der Waals surface area contributed by atoms with Gasteiger partial charge in [0, 0.05) is 44.9 Å². The highest BCUT2D eigenvalue weighted by atomic mass is 15.0. The molecule has 0 fully saturated rings. The van der Waals surface area contributed by atoms with Gasteiger partial charge in [-0.3, -0.25) is 0 Å². The van der Waals surface area contributed by atoms with Crippen molar-refractivity contribution >= 4 is 22.7 Å². The van der Waals surface area contributed by atoms with Gasteiger partial charge in [-0.05, 0) is 52.1 Å². The number of aromatic nitrogens is 1. The maximum Gasteiger partial charge on any atom is 0.0715 e. The molecule has 0 atom stereocenters. The third kappa shape index (κ3) is 5.60. The SMILES string of the molecule is CNc1cc(NC)c(NC)c(-c2cccc(-c3cc(-c4ccc(-c5ccccc5)cc4)cc(-c4ccccc4)n3)c2)c1NC. The van der Waals surface area contributed by atoms with Crippen LogP contribution in [0.5, 0.6) is 0 Å². The zero-order valence-corrected chi connectivity index (χ0v) is 25.6. The van der Waals surface area contributed by atoms with Gasteiger partial charge < -0.3 is 21.3 Å². The van der Waals surface area contributed by atoms with Crippen LogP contribution < -0.4 is 21.3 Å². The summed E-state index contributed by atoms with van der Waals surface area (Å²) in [7, 11) is 7.81. The highest BCUT2D eigenvalue weighted by molar-refractivity contribution is 6.01. The van der Waals surface area contributed by atoms with Crippen LogP contribution in [0.1, 0.15) is 0 Å². The summed E-state index contributed by atoms with van der Waals surface area (Å²) in [4.78, 5) is 5.20. The van der Waals surface area contributed by atoms with Crippen LogP contribution in [0.4, 0.5) is 22.7 Å². The van der Waals surface area contributed by atoms with E-state index in [1.54, 1.807) is 0 Å². The Kier molecular flexibility index (Phi) is 8.28. The molecule has 4 N–H and O–H groups in total. The molecule has 6 rings (SSSR count). The maximum atomic E-state index is 5.20. The molecule has 0 aliphatic carbocycles. The summed E-state index contributed by atoms with van der Waals surface area (Å²) in [6.07, 6.45) is 0. The van der Waals surface area contributed by atoms with Crippen molar-refractivity contribution in [1.29, 1.82) is 0 Å². The van der Waals surface area contributed by atoms with Gasteiger partial charge in [-0.2, -0.15) is 0 Å². The van der Waals surface area contributed by atoms with Crippen molar-refractivity contribution in [2.45, 2.75) is 0 Å². The number of nitrogens with zero attached hydrogens (tertiary/aromatic N) is 1. The van der Waals surface area contributed by atoms with Gasteiger partial charge in [0.1, 0.15) is 0 Å². The quantitative estimate of drug-likeness (QED) is 0.138. The standard InChI is InChI=1S/C39H37N5/c1-40-35-25-36(41-2)39(43-4)37(38(35)42-3)31-17-11-16-30(22-31)34-24-32(23-33(44-34)29-14-9-6-10-15-29)28-20-18-27(19-21-28)26-12-7-5-8-13-26/h5-25,40-43H,1-4H3. The molecule has 5 heteroatoms. The Bertz CT molecular complexity index is 1850. The molecule has 0 spiro atoms. The van der Waals surface area contributed by atoms with E-state index >= 15 is 0 Å². The Morgan fingerprint density at radius 1 is 0.364 bits per heavy atom. The van der Waals surface area contributed by atoms with Crippen LogP contribution in [-0.2, 0) is 0 Å². The number of pyridine rings is 1. The van der Waals surface area contributed by atoms with E-state index in [-0.39, 0.29) is 0 Å². The highest BCUT2D eigenvalue weighted by Crippen LogP contribution is 2.45. The molecule has 6 aromatic rings. The van der Waals surface area contributed by atoms with Crippen LogP contribution in [-0.4, -0.2) is 33.2 Å². The summed E-state index contributed by atoms with van der Waals surface area (Å²) in [5.74, 6) is 0. The van der Waals surface area contributed by atoms with E-state index in [1.165, 1.54) is 11.1 Å². The fraction of sp³-hybridized carbons (Fsp3) is 0.103. The number of benzene rings is 5. The molecule has 0 saturated carbocycles. The Morgan fingerprint density at radius 3 is 1.36 bits per heavy atom. The molecule has 0 aliphatic rings. The highest BCUT2D eigenvalue weighted by Gasteiger charge is 2.19. The van der Waals surface area contributed by atoms with Crippen molar-refractivity contribution in [3.8, 4) is 55.9 Å². The lowest BCUT2D eigenvalue weighted by Gasteiger charge is -2.22. The van der Waals surface area contributed by atoms with Gasteiger partial charge in [0.25, 0.3) is 0 Å². The molecule has 44 heavy (non-hydrogen) atoms. The lowest BCUT2D eigenvalue weighted by Crippen LogP contribution is -2.06. The molecular formula is C39H37N5. The molecule has 0 saturated heterocycles. The summed E-state index contributed by atoms with van der Waals surface area (Å²) in [6.45, 7) is 0. The Labute approximate surface area is 260 Å². The minimum atomic E-state index is 0.922. The van der Waals surface area contributed by atoms with Crippen LogP contribution in [0, 0.1) is 0 Å². The van der Waals surface area contributed by atoms with Gasteiger partial charge in [0.2, 0.25) is 0 Å². The van der Waals surface area contributed by atoms with E-state index < -0.39 is 0 Å². The van der Waals surface area contributed by atoms with Gasteiger partial charge in [0.15, 0.2) is 0 Å². The van der Waals surface area contributed by atoms with Gasteiger partial charge >= 0.3 is 0 Å². The average Bonchev–Trinajstić information content (AvgIpc) is 3.11. The summed E-state index contributed by atoms with van der Waals surface area (Å²) in [5.41, 5.74) is 14.9. The van der Waals surface area contributed by atoms with Gasteiger partial charge in [-0.1, -0.05) is 103 Å². The molecule has 0 amide bonds. The topological polar surface area (TPSA) is 61.0 Å². The van der Waals surface area contributed by atoms with Crippen molar-refractivity contribution in [2.75, 3.05) is 49.5 Å². The van der Waals surface area contributed by atoms with E-state index in [0.717, 1.165) is 67.5 Å². The summed E-state index contributed by atoms with van der Waals surface area (Å²) < 4.78 is 0. The third-order valence-electron chi connectivity index (χ3n) is 8.03. The minimum Gasteiger partial charge on any atom is -0.386 e. The van der Waals surface area contributed by atoms with Gasteiger partial charge in [0.05, 0.1) is 34.1 Å². The maximum absolute atomic E-state index is 5.20. The largest absolute Gasteiger partial charge is 0.386 e. The molecule has 0 aliphatic heterocycles. The number of rotatable bonds is 9. The number of nitrogens with one attached hydrogen (secondary N) is 4. The molecule has 0 bridgehead atoms. The van der Waals surface area contributed by atoms with Crippen molar-refractivity contribution in [2.24, 2.45) is 0 Å². The second-order valence-corrected chi connectivity index (χ2v) is 10.6. The van der Waals surface area contributed by atoms with Crippen LogP contribution in [0.15, 0.2) is 127 Å². The van der Waals surface area contributed by atoms with Gasteiger partial charge in [-0.25, -0.2) is 4.98 Å². The monoisotopic (exact) mass is 575 g/mol. The van der Waals surface area contributed by atoms with Gasteiger partial charge in [-0.15, -0.1) is 0 Å². The smallest absolute Gasteiger partial charge is 0.0715 e. The van der Waals surface area contributed by atoms with Crippen LogP contribution in [0.3, 0.4) is 0 Å². The van der Waals surface area contributed by atoms with Crippen LogP contribution >= 0.6 is 0 Å². The van der Waals surface area contributed by atoms with Crippen molar-refractivity contribution in [3.63, 3.8) is 0 Å². The number of hydrogen-bond acceptors (Lipinski definition) is 5. The number of anilines is 4. The van der Waals surface area contributed by atoms with E-state index in [4.69, 9.17) is 4.98 Å². The average molecular weight is 576 g/mol.